The molecule has 102 heavy (non-hydrogen) atoms. The third-order valence-electron chi connectivity index (χ3n) is 15.6. The number of nitrogens with two attached hydrogens (primary N) is 1. The van der Waals surface area contributed by atoms with E-state index in [0.29, 0.717) is 51.4 Å². The predicted octanol–water partition coefficient (Wildman–Crippen LogP) is 15.5. The summed E-state index contributed by atoms with van der Waals surface area (Å²) in [5.41, 5.74) is 9.36. The number of pyridine rings is 3. The highest BCUT2D eigenvalue weighted by atomic mass is 79.9. The Bertz CT molecular complexity index is 4610. The second-order valence-corrected chi connectivity index (χ2v) is 26.5. The number of piperidine rings is 1. The Morgan fingerprint density at radius 3 is 0.902 bits per heavy atom. The fraction of sp³-hybridized carbons (Fsp3) is 0.167. The number of benzene rings is 6. The summed E-state index contributed by atoms with van der Waals surface area (Å²) in [7, 11) is 4.26. The molecule has 6 amide bonds. The molecule has 3 aromatic heterocycles. The van der Waals surface area contributed by atoms with Gasteiger partial charge in [0.05, 0.1) is 55.1 Å². The SMILES string of the molecule is COc1cc(Cl)cc(C(=O)Nc2ccc(Br)cn2)c1NC(=O)c1ccc(C(=N)N)cc1.COc1cc(Cl)cc(C(=O)Nc2ccc(Br)cn2)c1NC(=O)c1ccc(C(=N)N2CCCC2)cc1.COc1cc(Cl)cc(C(=O)Nc2ccc(Br)cn2)c1NC(=O)c1ccc(C(=N)N2CCCCC2)cc1. The maximum Gasteiger partial charge on any atom is 0.259 e. The Hall–Kier alpha value is -10.3. The molecule has 0 saturated carbocycles. The predicted molar refractivity (Wildman–Crippen MR) is 408 cm³/mol. The van der Waals surface area contributed by atoms with Crippen LogP contribution in [0.1, 0.15) is 111 Å². The van der Waals surface area contributed by atoms with Crippen LogP contribution in [-0.2, 0) is 0 Å². The van der Waals surface area contributed by atoms with Gasteiger partial charge in [0.1, 0.15) is 52.2 Å². The monoisotopic (exact) mass is 1630 g/mol. The lowest BCUT2D eigenvalue weighted by atomic mass is 10.1. The molecular formula is C72H65Br3Cl3N15O9. The molecule has 6 aromatic carbocycles. The molecule has 2 fully saturated rings. The van der Waals surface area contributed by atoms with Crippen LogP contribution in [-0.4, -0.2) is 125 Å². The van der Waals surface area contributed by atoms with E-state index in [1.54, 1.807) is 116 Å². The first-order valence-electron chi connectivity index (χ1n) is 31.2. The second-order valence-electron chi connectivity index (χ2n) is 22.5. The van der Waals surface area contributed by atoms with Gasteiger partial charge in [0, 0.05) is 125 Å². The molecule has 11 N–H and O–H groups in total. The lowest BCUT2D eigenvalue weighted by Gasteiger charge is -2.29. The van der Waals surface area contributed by atoms with E-state index in [1.165, 1.54) is 76.3 Å². The molecule has 0 radical (unpaired) electrons. The zero-order valence-electron chi connectivity index (χ0n) is 54.7. The number of nitrogens with zero attached hydrogens (tertiary/aromatic N) is 5. The van der Waals surface area contributed by atoms with Crippen molar-refractivity contribution < 1.29 is 43.0 Å². The molecule has 2 saturated heterocycles. The summed E-state index contributed by atoms with van der Waals surface area (Å²) in [4.78, 5) is 94.5. The summed E-state index contributed by atoms with van der Waals surface area (Å²) in [6.07, 6.45) is 10.2. The van der Waals surface area contributed by atoms with Crippen LogP contribution in [0.25, 0.3) is 0 Å². The van der Waals surface area contributed by atoms with Gasteiger partial charge in [-0.2, -0.15) is 0 Å². The number of ether oxygens (including phenoxy) is 3. The van der Waals surface area contributed by atoms with Crippen LogP contribution in [0.5, 0.6) is 17.2 Å². The van der Waals surface area contributed by atoms with Crippen LogP contribution in [0.4, 0.5) is 34.5 Å². The molecule has 0 spiro atoms. The van der Waals surface area contributed by atoms with E-state index >= 15 is 0 Å². The number of anilines is 6. The second kappa shape index (κ2) is 35.8. The lowest BCUT2D eigenvalue weighted by molar-refractivity contribution is 0.101. The molecule has 9 aromatic rings. The maximum absolute atomic E-state index is 13.1. The van der Waals surface area contributed by atoms with Crippen molar-refractivity contribution in [1.82, 2.24) is 24.8 Å². The van der Waals surface area contributed by atoms with Gasteiger partial charge >= 0.3 is 0 Å². The van der Waals surface area contributed by atoms with E-state index in [4.69, 9.17) is 71.0 Å². The molecule has 11 rings (SSSR count). The molecule has 30 heteroatoms. The fourth-order valence-corrected chi connectivity index (χ4v) is 11.7. The minimum atomic E-state index is -0.530. The Morgan fingerprint density at radius 1 is 0.382 bits per heavy atom. The molecular weight excluding hydrogens is 1560 g/mol. The van der Waals surface area contributed by atoms with E-state index < -0.39 is 35.4 Å². The quantitative estimate of drug-likeness (QED) is 0.0282. The zero-order chi connectivity index (χ0) is 73.1. The van der Waals surface area contributed by atoms with E-state index in [-0.39, 0.29) is 71.9 Å². The van der Waals surface area contributed by atoms with Gasteiger partial charge in [-0.1, -0.05) is 71.2 Å². The van der Waals surface area contributed by atoms with Crippen molar-refractivity contribution >= 4 is 170 Å². The zero-order valence-corrected chi connectivity index (χ0v) is 61.7. The van der Waals surface area contributed by atoms with Crippen molar-refractivity contribution in [2.75, 3.05) is 79.4 Å². The van der Waals surface area contributed by atoms with Crippen molar-refractivity contribution in [1.29, 1.82) is 16.2 Å². The number of carbonyl (C=O) groups is 6. The number of hydrogen-bond acceptors (Lipinski definition) is 15. The van der Waals surface area contributed by atoms with Crippen molar-refractivity contribution in [2.45, 2.75) is 32.1 Å². The smallest absolute Gasteiger partial charge is 0.259 e. The molecule has 5 heterocycles. The third kappa shape index (κ3) is 20.3. The van der Waals surface area contributed by atoms with Crippen LogP contribution >= 0.6 is 82.6 Å². The van der Waals surface area contributed by atoms with Gasteiger partial charge in [-0.3, -0.25) is 45.0 Å². The number of methoxy groups -OCH3 is 3. The van der Waals surface area contributed by atoms with E-state index in [9.17, 15) is 28.8 Å². The molecule has 0 bridgehead atoms. The van der Waals surface area contributed by atoms with Gasteiger partial charge in [0.2, 0.25) is 0 Å². The van der Waals surface area contributed by atoms with E-state index in [2.05, 4.69) is 99.5 Å². The Kier molecular flexibility index (Phi) is 26.7. The van der Waals surface area contributed by atoms with Crippen LogP contribution in [0, 0.1) is 16.2 Å². The number of carbonyl (C=O) groups excluding carboxylic acids is 6. The molecule has 2 aliphatic rings. The molecule has 0 unspecified atom stereocenters. The standard InChI is InChI=1S/C26H25BrClN5O3.C25H23BrClN5O3.C21H17BrClN5O3/c1-36-21-14-19(28)13-20(26(35)31-22-10-9-18(27)15-30-22)23(21)32-25(34)17-7-5-16(6-8-17)24(29)33-11-3-2-4-12-33;1-35-20-13-18(27)12-19(25(34)30-21-9-8-17(26)14-29-21)22(20)31-24(33)16-6-4-15(5-7-16)23(28)32-10-2-3-11-32;1-31-16-9-14(23)8-15(21(30)27-17-7-6-13(22)10-26-17)18(16)28-20(29)12-4-2-11(3-5-12)19(24)25/h5-10,13-15,29H,2-4,11-12H2,1H3,(H,32,34)(H,30,31,35);4-9,12-14,28H,2-3,10-11H2,1H3,(H,31,33)(H,29,30,34);2-10H,1H3,(H3,24,25)(H,28,29)(H,26,27,30). The Balaban J connectivity index is 0.000000179. The summed E-state index contributed by atoms with van der Waals surface area (Å²) in [6.45, 7) is 3.49. The number of amides is 6. The van der Waals surface area contributed by atoms with Crippen LogP contribution in [0.15, 0.2) is 178 Å². The number of nitrogens with one attached hydrogen (secondary N) is 9. The molecule has 0 atom stereocenters. The topological polar surface area (TPSA) is 345 Å². The highest BCUT2D eigenvalue weighted by molar-refractivity contribution is 9.11. The lowest BCUT2D eigenvalue weighted by Crippen LogP contribution is -2.35. The summed E-state index contributed by atoms with van der Waals surface area (Å²) < 4.78 is 18.4. The van der Waals surface area contributed by atoms with E-state index in [0.717, 1.165) is 76.4 Å². The van der Waals surface area contributed by atoms with Gasteiger partial charge in [-0.25, -0.2) is 15.0 Å². The highest BCUT2D eigenvalue weighted by Crippen LogP contribution is 2.37. The van der Waals surface area contributed by atoms with Crippen molar-refractivity contribution in [3.63, 3.8) is 0 Å². The molecule has 2 aliphatic heterocycles. The maximum atomic E-state index is 13.1. The van der Waals surface area contributed by atoms with Crippen LogP contribution in [0.3, 0.4) is 0 Å². The van der Waals surface area contributed by atoms with Crippen LogP contribution < -0.4 is 51.8 Å². The molecule has 524 valence electrons. The van der Waals surface area contributed by atoms with Crippen LogP contribution in [0.2, 0.25) is 15.1 Å². The van der Waals surface area contributed by atoms with Gasteiger partial charge in [0.25, 0.3) is 35.4 Å². The van der Waals surface area contributed by atoms with Crippen molar-refractivity contribution in [3.8, 4) is 17.2 Å². The average molecular weight is 1630 g/mol. The first-order chi connectivity index (χ1) is 49.0. The number of aromatic nitrogens is 3. The first-order valence-corrected chi connectivity index (χ1v) is 34.7. The largest absolute Gasteiger partial charge is 0.494 e. The number of nitrogen functional groups attached to an aromatic ring is 1. The van der Waals surface area contributed by atoms with Gasteiger partial charge in [-0.05, 0) is 171 Å². The van der Waals surface area contributed by atoms with E-state index in [1.807, 2.05) is 4.90 Å². The molecule has 24 nitrogen and oxygen atoms in total. The number of likely N-dealkylation sites (tertiary alicyclic amines) is 2. The summed E-state index contributed by atoms with van der Waals surface area (Å²) in [5.74, 6) is -0.372. The highest BCUT2D eigenvalue weighted by Gasteiger charge is 2.26. The van der Waals surface area contributed by atoms with Gasteiger partial charge < -0.3 is 61.6 Å². The Labute approximate surface area is 626 Å². The number of amidine groups is 3. The summed E-state index contributed by atoms with van der Waals surface area (Å²) >= 11 is 28.5. The first kappa shape index (κ1) is 75.9. The minimum Gasteiger partial charge on any atom is -0.494 e. The van der Waals surface area contributed by atoms with Gasteiger partial charge in [0.15, 0.2) is 0 Å². The fourth-order valence-electron chi connectivity index (χ4n) is 10.4. The number of hydrogen-bond donors (Lipinski definition) is 10. The number of rotatable bonds is 18. The number of halogens is 6. The molecule has 0 aliphatic carbocycles. The van der Waals surface area contributed by atoms with Crippen molar-refractivity contribution in [2.24, 2.45) is 5.73 Å². The third-order valence-corrected chi connectivity index (χ3v) is 17.7. The van der Waals surface area contributed by atoms with Gasteiger partial charge in [-0.15, -0.1) is 0 Å². The average Bonchev–Trinajstić information content (AvgIpc) is 1.07. The normalized spacial score (nSPS) is 12.2. The minimum absolute atomic E-state index is 0.0998. The Morgan fingerprint density at radius 2 is 0.647 bits per heavy atom. The summed E-state index contributed by atoms with van der Waals surface area (Å²) in [5, 5.41) is 41.4. The van der Waals surface area contributed by atoms with Crippen molar-refractivity contribution in [3.05, 3.63) is 243 Å². The summed E-state index contributed by atoms with van der Waals surface area (Å²) in [6, 6.07) is 38.8.